The number of nitrogens with zero attached hydrogens (tertiary/aromatic N) is 2. The van der Waals surface area contributed by atoms with E-state index in [-0.39, 0.29) is 13.1 Å². The fraction of sp³-hybridized carbons (Fsp3) is 1.00. The molecule has 15 nitrogen and oxygen atoms in total. The number of rotatable bonds is 22. The third-order valence-electron chi connectivity index (χ3n) is 4.69. The van der Waals surface area contributed by atoms with E-state index in [0.29, 0.717) is 12.8 Å². The zero-order chi connectivity index (χ0) is 27.2. The lowest BCUT2D eigenvalue weighted by Gasteiger charge is -2.22. The number of hydrogen-bond donors (Lipinski definition) is 9. The molecule has 0 radical (unpaired) electrons. The number of unbranched alkanes of at least 4 members (excludes halogenated alkanes) is 6. The van der Waals surface area contributed by atoms with E-state index in [1.54, 1.807) is 0 Å². The highest BCUT2D eigenvalue weighted by Crippen LogP contribution is 2.41. The Bertz CT molecular complexity index is 655. The van der Waals surface area contributed by atoms with E-state index in [0.717, 1.165) is 61.4 Å². The molecule has 0 aliphatic carbocycles. The van der Waals surface area contributed by atoms with Gasteiger partial charge in [0.15, 0.2) is 0 Å². The van der Waals surface area contributed by atoms with Gasteiger partial charge in [-0.1, -0.05) is 25.7 Å². The van der Waals surface area contributed by atoms with Crippen molar-refractivity contribution in [2.75, 3.05) is 51.3 Å². The molecule has 0 rings (SSSR count). The summed E-state index contributed by atoms with van der Waals surface area (Å²) in [7, 11) is -17.6. The summed E-state index contributed by atoms with van der Waals surface area (Å²) in [6.07, 6.45) is 3.30. The molecule has 0 atom stereocenters. The summed E-state index contributed by atoms with van der Waals surface area (Å²) < 4.78 is 44.4. The van der Waals surface area contributed by atoms with Crippen molar-refractivity contribution in [1.29, 1.82) is 0 Å². The Balaban J connectivity index is 3.85. The van der Waals surface area contributed by atoms with Gasteiger partial charge in [0.25, 0.3) is 0 Å². The lowest BCUT2D eigenvalue weighted by Crippen LogP contribution is -2.27. The van der Waals surface area contributed by atoms with Crippen LogP contribution < -0.4 is 5.32 Å². The van der Waals surface area contributed by atoms with Gasteiger partial charge in [0.05, 0.1) is 0 Å². The molecule has 35 heavy (non-hydrogen) atoms. The van der Waals surface area contributed by atoms with Crippen LogP contribution in [0.3, 0.4) is 0 Å². The first-order valence-corrected chi connectivity index (χ1v) is 18.4. The second-order valence-corrected chi connectivity index (χ2v) is 15.0. The molecule has 9 N–H and O–H groups in total. The van der Waals surface area contributed by atoms with Crippen molar-refractivity contribution in [2.45, 2.75) is 51.4 Å². The Morgan fingerprint density at radius 3 is 0.943 bits per heavy atom. The molecule has 0 saturated carbocycles. The van der Waals surface area contributed by atoms with Crippen LogP contribution in [0.2, 0.25) is 0 Å². The molecule has 0 aromatic rings. The van der Waals surface area contributed by atoms with Crippen LogP contribution in [0.15, 0.2) is 0 Å². The maximum Gasteiger partial charge on any atom is 0.339 e. The van der Waals surface area contributed by atoms with Crippen LogP contribution in [0.5, 0.6) is 0 Å². The first-order valence-electron chi connectivity index (χ1n) is 11.2. The van der Waals surface area contributed by atoms with Gasteiger partial charge >= 0.3 is 30.4 Å². The molecule has 0 aliphatic rings. The van der Waals surface area contributed by atoms with Crippen molar-refractivity contribution in [3.63, 3.8) is 0 Å². The zero-order valence-corrected chi connectivity index (χ0v) is 23.3. The van der Waals surface area contributed by atoms with E-state index >= 15 is 0 Å². The molecule has 0 bridgehead atoms. The van der Waals surface area contributed by atoms with Crippen molar-refractivity contribution >= 4 is 30.4 Å². The van der Waals surface area contributed by atoms with Crippen LogP contribution in [0.4, 0.5) is 0 Å². The predicted octanol–water partition coefficient (Wildman–Crippen LogP) is 0.842. The minimum Gasteiger partial charge on any atom is -0.324 e. The molecule has 0 aromatic carbocycles. The van der Waals surface area contributed by atoms with Gasteiger partial charge in [-0.15, -0.1) is 0 Å². The Kier molecular flexibility index (Phi) is 17.4. The molecule has 0 saturated heterocycles. The standard InChI is InChI=1S/C16H41N3O12P4/c20-32(21,22)13-18(14-33(23,24)25)11-7-3-1-5-9-17-10-6-2-4-8-12-19(15-34(26,27)28)16-35(29,30)31/h17H,1-16H2,(H2,20,21,22)(H2,23,24,25)(H2,26,27,28)(H2,29,30,31). The van der Waals surface area contributed by atoms with Crippen molar-refractivity contribution in [3.8, 4) is 0 Å². The van der Waals surface area contributed by atoms with Gasteiger partial charge in [-0.3, -0.25) is 28.1 Å². The number of hydrogen-bond acceptors (Lipinski definition) is 7. The molecule has 0 aliphatic heterocycles. The first kappa shape index (κ1) is 35.5. The van der Waals surface area contributed by atoms with Gasteiger partial charge in [-0.2, -0.15) is 0 Å². The van der Waals surface area contributed by atoms with Crippen molar-refractivity contribution in [2.24, 2.45) is 0 Å². The lowest BCUT2D eigenvalue weighted by atomic mass is 10.1. The Morgan fingerprint density at radius 1 is 0.429 bits per heavy atom. The Labute approximate surface area is 205 Å². The Morgan fingerprint density at radius 2 is 0.686 bits per heavy atom. The monoisotopic (exact) mass is 591 g/mol. The molecular weight excluding hydrogens is 550 g/mol. The average molecular weight is 591 g/mol. The van der Waals surface area contributed by atoms with Crippen LogP contribution in [-0.4, -0.2) is 100 Å². The molecule has 0 heterocycles. The molecule has 212 valence electrons. The van der Waals surface area contributed by atoms with Gasteiger partial charge in [0.1, 0.15) is 25.1 Å². The molecule has 0 spiro atoms. The van der Waals surface area contributed by atoms with Crippen LogP contribution in [0.25, 0.3) is 0 Å². The third kappa shape index (κ3) is 27.3. The molecule has 19 heteroatoms. The summed E-state index contributed by atoms with van der Waals surface area (Å²) in [5.74, 6) is 0. The van der Waals surface area contributed by atoms with E-state index in [2.05, 4.69) is 5.32 Å². The topological polar surface area (TPSA) is 249 Å². The summed E-state index contributed by atoms with van der Waals surface area (Å²) in [5.41, 5.74) is 0. The molecule has 0 fully saturated rings. The number of nitrogens with one attached hydrogen (secondary N) is 1. The van der Waals surface area contributed by atoms with Crippen LogP contribution in [0.1, 0.15) is 51.4 Å². The van der Waals surface area contributed by atoms with Crippen LogP contribution in [-0.2, 0) is 18.3 Å². The van der Waals surface area contributed by atoms with Crippen molar-refractivity contribution in [3.05, 3.63) is 0 Å². The smallest absolute Gasteiger partial charge is 0.324 e. The van der Waals surface area contributed by atoms with Gasteiger partial charge < -0.3 is 44.5 Å². The maximum absolute atomic E-state index is 11.1. The van der Waals surface area contributed by atoms with Crippen molar-refractivity contribution in [1.82, 2.24) is 15.1 Å². The van der Waals surface area contributed by atoms with Gasteiger partial charge in [-0.05, 0) is 51.9 Å². The summed E-state index contributed by atoms with van der Waals surface area (Å²) in [5, 5.41) is 3.28. The first-order chi connectivity index (χ1) is 15.9. The van der Waals surface area contributed by atoms with Gasteiger partial charge in [0.2, 0.25) is 0 Å². The van der Waals surface area contributed by atoms with E-state index < -0.39 is 55.5 Å². The highest BCUT2D eigenvalue weighted by atomic mass is 31.2. The summed E-state index contributed by atoms with van der Waals surface area (Å²) in [4.78, 5) is 74.4. The summed E-state index contributed by atoms with van der Waals surface area (Å²) in [6.45, 7) is 1.91. The minimum absolute atomic E-state index is 0.184. The largest absolute Gasteiger partial charge is 0.339 e. The quantitative estimate of drug-likeness (QED) is 0.0625. The summed E-state index contributed by atoms with van der Waals surface area (Å²) in [6, 6.07) is 0. The van der Waals surface area contributed by atoms with E-state index in [4.69, 9.17) is 39.1 Å². The highest BCUT2D eigenvalue weighted by Gasteiger charge is 2.26. The summed E-state index contributed by atoms with van der Waals surface area (Å²) >= 11 is 0. The van der Waals surface area contributed by atoms with Gasteiger partial charge in [-0.25, -0.2) is 0 Å². The van der Waals surface area contributed by atoms with E-state index in [1.807, 2.05) is 0 Å². The fourth-order valence-electron chi connectivity index (χ4n) is 3.42. The minimum atomic E-state index is -4.41. The van der Waals surface area contributed by atoms with Crippen LogP contribution in [0, 0.1) is 0 Å². The second-order valence-electron chi connectivity index (χ2n) is 8.59. The molecule has 0 unspecified atom stereocenters. The SMILES string of the molecule is O=P(O)(O)CN(CCCCCCNCCCCCCN(CP(=O)(O)O)CP(=O)(O)O)CP(=O)(O)O. The Hall–Kier alpha value is 0.480. The zero-order valence-electron chi connectivity index (χ0n) is 19.7. The van der Waals surface area contributed by atoms with Crippen molar-refractivity contribution < 1.29 is 57.4 Å². The molecule has 0 aromatic heterocycles. The average Bonchev–Trinajstić information content (AvgIpc) is 2.59. The normalized spacial score (nSPS) is 13.8. The van der Waals surface area contributed by atoms with Gasteiger partial charge in [0, 0.05) is 0 Å². The molecule has 0 amide bonds. The fourth-order valence-corrected chi connectivity index (χ4v) is 6.78. The molecular formula is C16H41N3O12P4. The van der Waals surface area contributed by atoms with Crippen LogP contribution >= 0.6 is 30.4 Å². The van der Waals surface area contributed by atoms with E-state index in [9.17, 15) is 18.3 Å². The lowest BCUT2D eigenvalue weighted by molar-refractivity contribution is 0.271. The van der Waals surface area contributed by atoms with E-state index in [1.165, 1.54) is 0 Å². The third-order valence-corrected chi connectivity index (χ3v) is 7.77. The predicted molar refractivity (Wildman–Crippen MR) is 131 cm³/mol. The maximum atomic E-state index is 11.1. The highest BCUT2D eigenvalue weighted by molar-refractivity contribution is 7.53. The second kappa shape index (κ2) is 17.1.